The van der Waals surface area contributed by atoms with Crippen molar-refractivity contribution in [3.05, 3.63) is 54.1 Å². The Morgan fingerprint density at radius 1 is 1.35 bits per heavy atom. The normalized spacial score (nSPS) is 10.6. The fraction of sp³-hybridized carbons (Fsp3) is 0.316. The van der Waals surface area contributed by atoms with Crippen LogP contribution < -0.4 is 0 Å². The Bertz CT molecular complexity index is 785. The Morgan fingerprint density at radius 3 is 2.62 bits per heavy atom. The Hall–Kier alpha value is -2.05. The molecular formula is C19H23ClN4OS. The van der Waals surface area contributed by atoms with Gasteiger partial charge in [-0.05, 0) is 38.1 Å². The van der Waals surface area contributed by atoms with Crippen LogP contribution >= 0.6 is 23.4 Å². The van der Waals surface area contributed by atoms with Crippen LogP contribution in [0.15, 0.2) is 54.2 Å². The fourth-order valence-electron chi connectivity index (χ4n) is 2.42. The second-order valence-electron chi connectivity index (χ2n) is 5.87. The third kappa shape index (κ3) is 5.22. The summed E-state index contributed by atoms with van der Waals surface area (Å²) >= 11 is 7.34. The molecule has 1 aromatic carbocycles. The highest BCUT2D eigenvalue weighted by molar-refractivity contribution is 7.99. The van der Waals surface area contributed by atoms with Crippen molar-refractivity contribution in [1.29, 1.82) is 0 Å². The lowest BCUT2D eigenvalue weighted by molar-refractivity contribution is -0.127. The van der Waals surface area contributed by atoms with Crippen LogP contribution in [0, 0.1) is 0 Å². The summed E-state index contributed by atoms with van der Waals surface area (Å²) < 4.78 is 1.95. The molecule has 1 aromatic heterocycles. The first-order valence-electron chi connectivity index (χ1n) is 8.31. The Balaban J connectivity index is 2.16. The van der Waals surface area contributed by atoms with Crippen molar-refractivity contribution in [1.82, 2.24) is 19.7 Å². The lowest BCUT2D eigenvalue weighted by atomic mass is 10.2. The number of aromatic nitrogens is 3. The molecule has 0 aliphatic rings. The molecule has 0 saturated heterocycles. The Morgan fingerprint density at radius 2 is 2.04 bits per heavy atom. The lowest BCUT2D eigenvalue weighted by Crippen LogP contribution is -2.33. The van der Waals surface area contributed by atoms with Gasteiger partial charge in [0, 0.05) is 30.2 Å². The molecule has 0 bridgehead atoms. The zero-order chi connectivity index (χ0) is 19.1. The van der Waals surface area contributed by atoms with E-state index in [9.17, 15) is 4.79 Å². The number of halogens is 1. The topological polar surface area (TPSA) is 51.0 Å². The monoisotopic (exact) mass is 390 g/mol. The summed E-state index contributed by atoms with van der Waals surface area (Å²) in [4.78, 5) is 14.2. The van der Waals surface area contributed by atoms with Crippen molar-refractivity contribution in [3.8, 4) is 11.4 Å². The van der Waals surface area contributed by atoms with Gasteiger partial charge in [-0.15, -0.1) is 16.8 Å². The summed E-state index contributed by atoms with van der Waals surface area (Å²) in [7, 11) is 0. The highest BCUT2D eigenvalue weighted by Crippen LogP contribution is 2.25. The highest BCUT2D eigenvalue weighted by Gasteiger charge is 2.17. The number of allylic oxidation sites excluding steroid dienone is 1. The van der Waals surface area contributed by atoms with Crippen LogP contribution in [-0.4, -0.2) is 44.4 Å². The smallest absolute Gasteiger partial charge is 0.233 e. The molecule has 0 saturated carbocycles. The first-order valence-corrected chi connectivity index (χ1v) is 9.67. The molecular weight excluding hydrogens is 368 g/mol. The second kappa shape index (κ2) is 9.59. The summed E-state index contributed by atoms with van der Waals surface area (Å²) in [5.41, 5.74) is 1.88. The van der Waals surface area contributed by atoms with Gasteiger partial charge in [0.1, 0.15) is 0 Å². The number of hydrogen-bond donors (Lipinski definition) is 0. The van der Waals surface area contributed by atoms with Crippen molar-refractivity contribution >= 4 is 29.3 Å². The van der Waals surface area contributed by atoms with Crippen LogP contribution in [0.5, 0.6) is 0 Å². The Kier molecular flexibility index (Phi) is 7.48. The van der Waals surface area contributed by atoms with Gasteiger partial charge in [0.05, 0.1) is 5.75 Å². The molecule has 1 heterocycles. The summed E-state index contributed by atoms with van der Waals surface area (Å²) in [6.07, 6.45) is 1.79. The van der Waals surface area contributed by atoms with Gasteiger partial charge in [-0.3, -0.25) is 9.36 Å². The SMILES string of the molecule is C=CCn1c(SCC(=O)N(CC)CC(=C)C)nnc1-c1ccc(Cl)cc1. The first kappa shape index (κ1) is 20.3. The molecule has 0 N–H and O–H groups in total. The van der Waals surface area contributed by atoms with E-state index in [1.54, 1.807) is 11.0 Å². The van der Waals surface area contributed by atoms with E-state index in [-0.39, 0.29) is 5.91 Å². The minimum Gasteiger partial charge on any atom is -0.338 e. The lowest BCUT2D eigenvalue weighted by Gasteiger charge is -2.20. The van der Waals surface area contributed by atoms with Gasteiger partial charge in [0.2, 0.25) is 5.91 Å². The number of rotatable bonds is 9. The molecule has 5 nitrogen and oxygen atoms in total. The Labute approximate surface area is 163 Å². The van der Waals surface area contributed by atoms with Crippen molar-refractivity contribution in [3.63, 3.8) is 0 Å². The molecule has 7 heteroatoms. The minimum atomic E-state index is 0.0571. The van der Waals surface area contributed by atoms with Crippen LogP contribution in [0.2, 0.25) is 5.02 Å². The summed E-state index contributed by atoms with van der Waals surface area (Å²) in [5.74, 6) is 1.09. The van der Waals surface area contributed by atoms with Gasteiger partial charge in [0.25, 0.3) is 0 Å². The maximum atomic E-state index is 12.4. The molecule has 0 fully saturated rings. The number of thioether (sulfide) groups is 1. The predicted molar refractivity (Wildman–Crippen MR) is 108 cm³/mol. The van der Waals surface area contributed by atoms with Crippen LogP contribution in [0.4, 0.5) is 0 Å². The van der Waals surface area contributed by atoms with Crippen molar-refractivity contribution < 1.29 is 4.79 Å². The molecule has 0 unspecified atom stereocenters. The quantitative estimate of drug-likeness (QED) is 0.473. The molecule has 2 rings (SSSR count). The van der Waals surface area contributed by atoms with Crippen molar-refractivity contribution in [2.45, 2.75) is 25.5 Å². The van der Waals surface area contributed by atoms with Crippen LogP contribution in [0.1, 0.15) is 13.8 Å². The highest BCUT2D eigenvalue weighted by atomic mass is 35.5. The summed E-state index contributed by atoms with van der Waals surface area (Å²) in [6, 6.07) is 7.43. The number of hydrogen-bond acceptors (Lipinski definition) is 4. The zero-order valence-corrected chi connectivity index (χ0v) is 16.7. The van der Waals surface area contributed by atoms with E-state index in [1.807, 2.05) is 42.7 Å². The molecule has 0 aliphatic carbocycles. The molecule has 0 spiro atoms. The van der Waals surface area contributed by atoms with Gasteiger partial charge >= 0.3 is 0 Å². The number of benzene rings is 1. The number of nitrogens with zero attached hydrogens (tertiary/aromatic N) is 4. The third-order valence-electron chi connectivity index (χ3n) is 3.65. The van der Waals surface area contributed by atoms with E-state index < -0.39 is 0 Å². The molecule has 0 atom stereocenters. The summed E-state index contributed by atoms with van der Waals surface area (Å²) in [5, 5.41) is 9.90. The molecule has 138 valence electrons. The molecule has 2 aromatic rings. The molecule has 26 heavy (non-hydrogen) atoms. The number of carbonyl (C=O) groups is 1. The second-order valence-corrected chi connectivity index (χ2v) is 7.24. The van der Waals surface area contributed by atoms with Gasteiger partial charge in [-0.2, -0.15) is 0 Å². The van der Waals surface area contributed by atoms with E-state index >= 15 is 0 Å². The minimum absolute atomic E-state index is 0.0571. The van der Waals surface area contributed by atoms with Crippen LogP contribution in [0.3, 0.4) is 0 Å². The van der Waals surface area contributed by atoms with Gasteiger partial charge < -0.3 is 4.90 Å². The van der Waals surface area contributed by atoms with E-state index in [1.165, 1.54) is 11.8 Å². The van der Waals surface area contributed by atoms with Gasteiger partial charge in [0.15, 0.2) is 11.0 Å². The number of likely N-dealkylation sites (N-methyl/N-ethyl adjacent to an activating group) is 1. The number of amides is 1. The average Bonchev–Trinajstić information content (AvgIpc) is 3.01. The van der Waals surface area contributed by atoms with E-state index in [2.05, 4.69) is 23.4 Å². The average molecular weight is 391 g/mol. The van der Waals surface area contributed by atoms with E-state index in [0.29, 0.717) is 35.6 Å². The molecule has 0 aliphatic heterocycles. The van der Waals surface area contributed by atoms with E-state index in [4.69, 9.17) is 11.6 Å². The van der Waals surface area contributed by atoms with Crippen LogP contribution in [0.25, 0.3) is 11.4 Å². The largest absolute Gasteiger partial charge is 0.338 e. The maximum absolute atomic E-state index is 12.4. The van der Waals surface area contributed by atoms with Crippen molar-refractivity contribution in [2.75, 3.05) is 18.8 Å². The molecule has 0 radical (unpaired) electrons. The third-order valence-corrected chi connectivity index (χ3v) is 4.85. The summed E-state index contributed by atoms with van der Waals surface area (Å²) in [6.45, 7) is 13.4. The predicted octanol–water partition coefficient (Wildman–Crippen LogP) is 4.30. The van der Waals surface area contributed by atoms with E-state index in [0.717, 1.165) is 17.0 Å². The fourth-order valence-corrected chi connectivity index (χ4v) is 3.40. The van der Waals surface area contributed by atoms with Gasteiger partial charge in [-0.1, -0.05) is 41.6 Å². The number of carbonyl (C=O) groups excluding carboxylic acids is 1. The standard InChI is InChI=1S/C19H23ClN4OS/c1-5-11-24-18(15-7-9-16(20)10-8-15)21-22-19(24)26-13-17(25)23(6-2)12-14(3)4/h5,7-10H,1,3,6,11-13H2,2,4H3. The zero-order valence-electron chi connectivity index (χ0n) is 15.1. The van der Waals surface area contributed by atoms with Crippen molar-refractivity contribution in [2.24, 2.45) is 0 Å². The molecule has 1 amide bonds. The van der Waals surface area contributed by atoms with Gasteiger partial charge in [-0.25, -0.2) is 0 Å². The maximum Gasteiger partial charge on any atom is 0.233 e. The first-order chi connectivity index (χ1) is 12.5. The van der Waals surface area contributed by atoms with Crippen LogP contribution in [-0.2, 0) is 11.3 Å².